The Kier molecular flexibility index (Phi) is 8.59. The lowest BCUT2D eigenvalue weighted by atomic mass is 9.87. The predicted octanol–water partition coefficient (Wildman–Crippen LogP) is 5.86. The number of aromatic nitrogens is 2. The highest BCUT2D eigenvalue weighted by atomic mass is 16.5. The molecule has 1 rings (SSSR count). The Labute approximate surface area is 137 Å². The maximum atomic E-state index is 5.37. The lowest BCUT2D eigenvalue weighted by Crippen LogP contribution is -2.30. The Hall–Kier alpha value is -0.990. The largest absolute Gasteiger partial charge is 0.480 e. The number of hydrogen-bond acceptors (Lipinski definition) is 2. The summed E-state index contributed by atoms with van der Waals surface area (Å²) in [6.45, 7) is 9.07. The Morgan fingerprint density at radius 3 is 2.09 bits per heavy atom. The lowest BCUT2D eigenvalue weighted by Gasteiger charge is -2.33. The third kappa shape index (κ3) is 5.33. The van der Waals surface area contributed by atoms with Gasteiger partial charge in [0.1, 0.15) is 0 Å². The molecule has 3 heteroatoms. The zero-order valence-electron chi connectivity index (χ0n) is 15.5. The van der Waals surface area contributed by atoms with Crippen molar-refractivity contribution < 1.29 is 4.74 Å². The van der Waals surface area contributed by atoms with E-state index in [-0.39, 0.29) is 5.54 Å². The van der Waals surface area contributed by atoms with Gasteiger partial charge in [0.2, 0.25) is 5.88 Å². The second kappa shape index (κ2) is 9.91. The van der Waals surface area contributed by atoms with Crippen molar-refractivity contribution >= 4 is 0 Å². The summed E-state index contributed by atoms with van der Waals surface area (Å²) in [6.07, 6.45) is 15.0. The lowest BCUT2D eigenvalue weighted by molar-refractivity contribution is 0.246. The van der Waals surface area contributed by atoms with Crippen molar-refractivity contribution in [1.29, 1.82) is 0 Å². The van der Waals surface area contributed by atoms with Gasteiger partial charge < -0.3 is 9.30 Å². The number of hydrogen-bond donors (Lipinski definition) is 0. The molecule has 0 saturated carbocycles. The summed E-state index contributed by atoms with van der Waals surface area (Å²) in [7, 11) is 1.71. The first kappa shape index (κ1) is 19.1. The zero-order valence-corrected chi connectivity index (χ0v) is 15.5. The molecule has 0 saturated heterocycles. The summed E-state index contributed by atoms with van der Waals surface area (Å²) in [5.41, 5.74) is 1.34. The summed E-state index contributed by atoms with van der Waals surface area (Å²) in [5, 5.41) is 0. The van der Waals surface area contributed by atoms with Gasteiger partial charge >= 0.3 is 0 Å². The van der Waals surface area contributed by atoms with Crippen LogP contribution in [0, 0.1) is 6.92 Å². The van der Waals surface area contributed by atoms with Crippen molar-refractivity contribution in [3.8, 4) is 5.88 Å². The molecule has 0 aliphatic carbocycles. The van der Waals surface area contributed by atoms with Gasteiger partial charge in [-0.05, 0) is 26.7 Å². The quantitative estimate of drug-likeness (QED) is 0.452. The van der Waals surface area contributed by atoms with Gasteiger partial charge in [-0.2, -0.15) is 0 Å². The fourth-order valence-corrected chi connectivity index (χ4v) is 3.37. The maximum Gasteiger partial charge on any atom is 0.234 e. The molecule has 128 valence electrons. The third-order valence-electron chi connectivity index (χ3n) is 4.87. The summed E-state index contributed by atoms with van der Waals surface area (Å²) in [6, 6.07) is 0. The van der Waals surface area contributed by atoms with Crippen LogP contribution in [0.1, 0.15) is 90.7 Å². The monoisotopic (exact) mass is 308 g/mol. The van der Waals surface area contributed by atoms with Crippen LogP contribution in [-0.4, -0.2) is 16.7 Å². The van der Waals surface area contributed by atoms with Crippen molar-refractivity contribution in [2.75, 3.05) is 7.11 Å². The minimum Gasteiger partial charge on any atom is -0.480 e. The van der Waals surface area contributed by atoms with E-state index < -0.39 is 0 Å². The first-order chi connectivity index (χ1) is 10.6. The van der Waals surface area contributed by atoms with E-state index in [9.17, 15) is 0 Å². The van der Waals surface area contributed by atoms with Crippen molar-refractivity contribution in [1.82, 2.24) is 9.55 Å². The highest BCUT2D eigenvalue weighted by Gasteiger charge is 2.28. The van der Waals surface area contributed by atoms with Crippen LogP contribution in [0.15, 0.2) is 6.33 Å². The highest BCUT2D eigenvalue weighted by Crippen LogP contribution is 2.33. The van der Waals surface area contributed by atoms with Gasteiger partial charge in [-0.3, -0.25) is 0 Å². The van der Waals surface area contributed by atoms with E-state index in [1.807, 2.05) is 6.33 Å². The first-order valence-corrected chi connectivity index (χ1v) is 9.17. The minimum atomic E-state index is 0.176. The molecule has 1 aromatic heterocycles. The average Bonchev–Trinajstić information content (AvgIpc) is 2.89. The van der Waals surface area contributed by atoms with E-state index in [2.05, 4.69) is 37.2 Å². The van der Waals surface area contributed by atoms with Crippen LogP contribution < -0.4 is 4.74 Å². The number of imidazole rings is 1. The van der Waals surface area contributed by atoms with Gasteiger partial charge in [0.25, 0.3) is 0 Å². The summed E-state index contributed by atoms with van der Waals surface area (Å²) < 4.78 is 7.73. The van der Waals surface area contributed by atoms with Gasteiger partial charge in [-0.15, -0.1) is 0 Å². The van der Waals surface area contributed by atoms with Crippen molar-refractivity contribution in [3.05, 3.63) is 12.0 Å². The second-order valence-electron chi connectivity index (χ2n) is 6.83. The van der Waals surface area contributed by atoms with Crippen LogP contribution in [0.5, 0.6) is 5.88 Å². The highest BCUT2D eigenvalue weighted by molar-refractivity contribution is 5.19. The molecule has 0 radical (unpaired) electrons. The molecule has 3 nitrogen and oxygen atoms in total. The average molecular weight is 309 g/mol. The van der Waals surface area contributed by atoms with Gasteiger partial charge in [-0.25, -0.2) is 4.98 Å². The van der Waals surface area contributed by atoms with Gasteiger partial charge in [0.05, 0.1) is 19.1 Å². The SMILES string of the molecule is CCCCCCCC(C)(CCCCC)n1cnc(OC)c1C. The molecule has 0 aliphatic heterocycles. The molecule has 0 amide bonds. The molecule has 0 aliphatic rings. The summed E-state index contributed by atoms with van der Waals surface area (Å²) in [5.74, 6) is 0.771. The van der Waals surface area contributed by atoms with E-state index in [1.54, 1.807) is 7.11 Å². The van der Waals surface area contributed by atoms with Gasteiger partial charge in [0.15, 0.2) is 0 Å². The number of nitrogens with zero attached hydrogens (tertiary/aromatic N) is 2. The van der Waals surface area contributed by atoms with Crippen LogP contribution in [0.3, 0.4) is 0 Å². The predicted molar refractivity (Wildman–Crippen MR) is 94.7 cm³/mol. The van der Waals surface area contributed by atoms with Crippen LogP contribution in [0.25, 0.3) is 0 Å². The van der Waals surface area contributed by atoms with E-state index in [0.717, 1.165) is 11.6 Å². The topological polar surface area (TPSA) is 27.1 Å². The zero-order chi connectivity index (χ0) is 16.4. The minimum absolute atomic E-state index is 0.176. The van der Waals surface area contributed by atoms with Crippen molar-refractivity contribution in [2.24, 2.45) is 0 Å². The molecule has 0 aromatic carbocycles. The number of rotatable bonds is 12. The molecule has 22 heavy (non-hydrogen) atoms. The molecule has 1 aromatic rings. The smallest absolute Gasteiger partial charge is 0.234 e. The molecule has 1 heterocycles. The molecule has 1 atom stereocenters. The number of ether oxygens (including phenoxy) is 1. The molecule has 0 spiro atoms. The third-order valence-corrected chi connectivity index (χ3v) is 4.87. The van der Waals surface area contributed by atoms with Crippen LogP contribution in [0.4, 0.5) is 0 Å². The fourth-order valence-electron chi connectivity index (χ4n) is 3.37. The molecule has 0 N–H and O–H groups in total. The van der Waals surface area contributed by atoms with Gasteiger partial charge in [0, 0.05) is 5.54 Å². The Morgan fingerprint density at radius 1 is 1.00 bits per heavy atom. The normalized spacial score (nSPS) is 14.0. The molecular formula is C19H36N2O. The number of unbranched alkanes of at least 4 members (excludes halogenated alkanes) is 6. The van der Waals surface area contributed by atoms with E-state index >= 15 is 0 Å². The Balaban J connectivity index is 2.74. The molecule has 1 unspecified atom stereocenters. The Bertz CT molecular complexity index is 414. The van der Waals surface area contributed by atoms with E-state index in [0.29, 0.717) is 0 Å². The molecule has 0 bridgehead atoms. The van der Waals surface area contributed by atoms with Crippen LogP contribution in [-0.2, 0) is 5.54 Å². The van der Waals surface area contributed by atoms with Crippen molar-refractivity contribution in [3.63, 3.8) is 0 Å². The van der Waals surface area contributed by atoms with Crippen LogP contribution in [0.2, 0.25) is 0 Å². The standard InChI is InChI=1S/C19H36N2O/c1-6-8-10-11-13-15-19(4,14-12-9-7-2)21-16-20-18(22-5)17(21)3/h16H,6-15H2,1-5H3. The van der Waals surface area contributed by atoms with E-state index in [1.165, 1.54) is 64.2 Å². The maximum absolute atomic E-state index is 5.37. The first-order valence-electron chi connectivity index (χ1n) is 9.17. The molecule has 0 fully saturated rings. The van der Waals surface area contributed by atoms with Crippen LogP contribution >= 0.6 is 0 Å². The van der Waals surface area contributed by atoms with E-state index in [4.69, 9.17) is 4.74 Å². The summed E-state index contributed by atoms with van der Waals surface area (Å²) >= 11 is 0. The Morgan fingerprint density at radius 2 is 1.55 bits per heavy atom. The van der Waals surface area contributed by atoms with Gasteiger partial charge in [-0.1, -0.05) is 65.2 Å². The number of methoxy groups -OCH3 is 1. The molecular weight excluding hydrogens is 272 g/mol. The second-order valence-corrected chi connectivity index (χ2v) is 6.83. The summed E-state index contributed by atoms with van der Waals surface area (Å²) in [4.78, 5) is 4.43. The fraction of sp³-hybridized carbons (Fsp3) is 0.842. The van der Waals surface area contributed by atoms with Crippen molar-refractivity contribution in [2.45, 2.75) is 97.4 Å².